The van der Waals surface area contributed by atoms with Crippen molar-refractivity contribution in [2.24, 2.45) is 0 Å². The lowest BCUT2D eigenvalue weighted by molar-refractivity contribution is 0.628. The van der Waals surface area contributed by atoms with Crippen molar-refractivity contribution in [2.75, 3.05) is 23.8 Å². The van der Waals surface area contributed by atoms with Crippen LogP contribution in [-0.2, 0) is 6.42 Å². The molecule has 112 valence electrons. The molecule has 0 bridgehead atoms. The van der Waals surface area contributed by atoms with E-state index in [1.807, 2.05) is 32.7 Å². The van der Waals surface area contributed by atoms with Crippen molar-refractivity contribution in [2.45, 2.75) is 27.2 Å². The van der Waals surface area contributed by atoms with E-state index in [1.165, 1.54) is 12.1 Å². The molecule has 1 aromatic carbocycles. The van der Waals surface area contributed by atoms with Gasteiger partial charge in [-0.2, -0.15) is 0 Å². The van der Waals surface area contributed by atoms with Crippen molar-refractivity contribution >= 4 is 17.3 Å². The molecule has 0 aliphatic rings. The number of anilines is 3. The fraction of sp³-hybridized carbons (Fsp3) is 0.375. The van der Waals surface area contributed by atoms with E-state index in [2.05, 4.69) is 15.3 Å². The normalized spacial score (nSPS) is 10.5. The fourth-order valence-electron chi connectivity index (χ4n) is 2.16. The minimum absolute atomic E-state index is 0.242. The van der Waals surface area contributed by atoms with Crippen LogP contribution in [0.3, 0.4) is 0 Å². The smallest absolute Gasteiger partial charge is 0.141 e. The molecular weight excluding hydrogens is 267 g/mol. The zero-order valence-electron chi connectivity index (χ0n) is 12.9. The number of halogens is 1. The van der Waals surface area contributed by atoms with Gasteiger partial charge in [-0.05, 0) is 38.1 Å². The number of aryl methyl sites for hydroxylation is 1. The van der Waals surface area contributed by atoms with Crippen LogP contribution in [0.25, 0.3) is 0 Å². The molecule has 21 heavy (non-hydrogen) atoms. The maximum atomic E-state index is 13.1. The standard InChI is InChI=1S/C16H21FN4/c1-5-14-19-15(18-6-2)11(3)16(20-14)21(4)13-9-7-12(17)8-10-13/h7-10H,5-6H2,1-4H3,(H,18,19,20). The van der Waals surface area contributed by atoms with Crippen molar-refractivity contribution in [1.82, 2.24) is 9.97 Å². The van der Waals surface area contributed by atoms with Crippen LogP contribution in [0.4, 0.5) is 21.7 Å². The molecule has 0 spiro atoms. The molecule has 0 atom stereocenters. The van der Waals surface area contributed by atoms with E-state index in [-0.39, 0.29) is 5.82 Å². The summed E-state index contributed by atoms with van der Waals surface area (Å²) in [5.41, 5.74) is 1.88. The lowest BCUT2D eigenvalue weighted by atomic mass is 10.2. The van der Waals surface area contributed by atoms with Crippen molar-refractivity contribution < 1.29 is 4.39 Å². The Labute approximate surface area is 125 Å². The molecule has 0 aliphatic carbocycles. The molecule has 5 heteroatoms. The summed E-state index contributed by atoms with van der Waals surface area (Å²) in [5.74, 6) is 2.24. The molecule has 2 aromatic rings. The van der Waals surface area contributed by atoms with E-state index in [9.17, 15) is 4.39 Å². The number of rotatable bonds is 5. The SMILES string of the molecule is CCNc1nc(CC)nc(N(C)c2ccc(F)cc2)c1C. The zero-order chi connectivity index (χ0) is 15.4. The lowest BCUT2D eigenvalue weighted by Crippen LogP contribution is -2.16. The fourth-order valence-corrected chi connectivity index (χ4v) is 2.16. The van der Waals surface area contributed by atoms with Crippen molar-refractivity contribution in [3.05, 3.63) is 41.5 Å². The summed E-state index contributed by atoms with van der Waals surface area (Å²) in [4.78, 5) is 11.1. The second-order valence-corrected chi connectivity index (χ2v) is 4.86. The number of nitrogens with one attached hydrogen (secondary N) is 1. The third-order valence-corrected chi connectivity index (χ3v) is 3.36. The highest BCUT2D eigenvalue weighted by Gasteiger charge is 2.14. The Balaban J connectivity index is 2.46. The van der Waals surface area contributed by atoms with Gasteiger partial charge in [-0.25, -0.2) is 14.4 Å². The summed E-state index contributed by atoms with van der Waals surface area (Å²) in [6, 6.07) is 6.40. The largest absolute Gasteiger partial charge is 0.370 e. The monoisotopic (exact) mass is 288 g/mol. The Hall–Kier alpha value is -2.17. The highest BCUT2D eigenvalue weighted by molar-refractivity contribution is 5.66. The van der Waals surface area contributed by atoms with Crippen LogP contribution in [0.1, 0.15) is 25.2 Å². The van der Waals surface area contributed by atoms with E-state index in [1.54, 1.807) is 12.1 Å². The Morgan fingerprint density at radius 3 is 2.38 bits per heavy atom. The van der Waals surface area contributed by atoms with Gasteiger partial charge in [0.15, 0.2) is 0 Å². The van der Waals surface area contributed by atoms with Gasteiger partial charge in [0.2, 0.25) is 0 Å². The van der Waals surface area contributed by atoms with Crippen molar-refractivity contribution in [3.8, 4) is 0 Å². The molecule has 4 nitrogen and oxygen atoms in total. The average Bonchev–Trinajstić information content (AvgIpc) is 2.49. The first-order chi connectivity index (χ1) is 10.1. The highest BCUT2D eigenvalue weighted by atomic mass is 19.1. The molecule has 1 N–H and O–H groups in total. The number of hydrogen-bond acceptors (Lipinski definition) is 4. The third kappa shape index (κ3) is 3.29. The number of aromatic nitrogens is 2. The van der Waals surface area contributed by atoms with Gasteiger partial charge in [0.05, 0.1) is 0 Å². The summed E-state index contributed by atoms with van der Waals surface area (Å²) in [5, 5.41) is 3.27. The van der Waals surface area contributed by atoms with Crippen LogP contribution in [0.5, 0.6) is 0 Å². The third-order valence-electron chi connectivity index (χ3n) is 3.36. The molecule has 0 unspecified atom stereocenters. The summed E-state index contributed by atoms with van der Waals surface area (Å²) < 4.78 is 13.1. The van der Waals surface area contributed by atoms with E-state index >= 15 is 0 Å². The van der Waals surface area contributed by atoms with E-state index in [0.717, 1.165) is 41.7 Å². The Morgan fingerprint density at radius 1 is 1.14 bits per heavy atom. The molecule has 2 rings (SSSR count). The van der Waals surface area contributed by atoms with Gasteiger partial charge in [-0.15, -0.1) is 0 Å². The predicted octanol–water partition coefficient (Wildman–Crippen LogP) is 3.69. The first-order valence-corrected chi connectivity index (χ1v) is 7.17. The summed E-state index contributed by atoms with van der Waals surface area (Å²) in [7, 11) is 1.93. The predicted molar refractivity (Wildman–Crippen MR) is 84.8 cm³/mol. The van der Waals surface area contributed by atoms with Gasteiger partial charge in [-0.3, -0.25) is 0 Å². The van der Waals surface area contributed by atoms with Gasteiger partial charge in [0.25, 0.3) is 0 Å². The maximum absolute atomic E-state index is 13.1. The molecular formula is C16H21FN4. The first kappa shape index (κ1) is 15.2. The van der Waals surface area contributed by atoms with Crippen LogP contribution in [0, 0.1) is 12.7 Å². The second kappa shape index (κ2) is 6.52. The topological polar surface area (TPSA) is 41.1 Å². The second-order valence-electron chi connectivity index (χ2n) is 4.86. The Bertz CT molecular complexity index is 610. The quantitative estimate of drug-likeness (QED) is 0.911. The summed E-state index contributed by atoms with van der Waals surface area (Å²) in [6.45, 7) is 6.87. The first-order valence-electron chi connectivity index (χ1n) is 7.17. The molecule has 0 amide bonds. The van der Waals surface area contributed by atoms with Gasteiger partial charge >= 0.3 is 0 Å². The number of nitrogens with zero attached hydrogens (tertiary/aromatic N) is 3. The van der Waals surface area contributed by atoms with Gasteiger partial charge in [0.1, 0.15) is 23.3 Å². The molecule has 0 radical (unpaired) electrons. The molecule has 0 saturated carbocycles. The lowest BCUT2D eigenvalue weighted by Gasteiger charge is -2.22. The van der Waals surface area contributed by atoms with Gasteiger partial charge < -0.3 is 10.2 Å². The molecule has 0 saturated heterocycles. The van der Waals surface area contributed by atoms with Crippen molar-refractivity contribution in [1.29, 1.82) is 0 Å². The van der Waals surface area contributed by atoms with Gasteiger partial charge in [-0.1, -0.05) is 6.92 Å². The van der Waals surface area contributed by atoms with Crippen LogP contribution < -0.4 is 10.2 Å². The zero-order valence-corrected chi connectivity index (χ0v) is 12.9. The van der Waals surface area contributed by atoms with Gasteiger partial charge in [0, 0.05) is 31.3 Å². The van der Waals surface area contributed by atoms with E-state index in [4.69, 9.17) is 0 Å². The molecule has 1 aromatic heterocycles. The molecule has 0 fully saturated rings. The Morgan fingerprint density at radius 2 is 1.81 bits per heavy atom. The van der Waals surface area contributed by atoms with Crippen LogP contribution >= 0.6 is 0 Å². The van der Waals surface area contributed by atoms with E-state index < -0.39 is 0 Å². The minimum Gasteiger partial charge on any atom is -0.370 e. The summed E-state index contributed by atoms with van der Waals surface area (Å²) in [6.07, 6.45) is 0.767. The summed E-state index contributed by atoms with van der Waals surface area (Å²) >= 11 is 0. The van der Waals surface area contributed by atoms with Crippen molar-refractivity contribution in [3.63, 3.8) is 0 Å². The van der Waals surface area contributed by atoms with E-state index in [0.29, 0.717) is 0 Å². The van der Waals surface area contributed by atoms with Crippen LogP contribution in [0.15, 0.2) is 24.3 Å². The molecule has 1 heterocycles. The number of benzene rings is 1. The van der Waals surface area contributed by atoms with Crippen LogP contribution in [-0.4, -0.2) is 23.6 Å². The van der Waals surface area contributed by atoms with Crippen LogP contribution in [0.2, 0.25) is 0 Å². The minimum atomic E-state index is -0.242. The average molecular weight is 288 g/mol. The number of hydrogen-bond donors (Lipinski definition) is 1. The molecule has 0 aliphatic heterocycles. The highest BCUT2D eigenvalue weighted by Crippen LogP contribution is 2.28. The maximum Gasteiger partial charge on any atom is 0.141 e. The Kier molecular flexibility index (Phi) is 4.73.